The van der Waals surface area contributed by atoms with Crippen LogP contribution in [0.5, 0.6) is 0 Å². The summed E-state index contributed by atoms with van der Waals surface area (Å²) in [6, 6.07) is 8.06. The van der Waals surface area contributed by atoms with Crippen molar-refractivity contribution in [3.05, 3.63) is 41.7 Å². The Morgan fingerprint density at radius 1 is 1.10 bits per heavy atom. The molecule has 3 fully saturated rings. The number of amides is 4. The summed E-state index contributed by atoms with van der Waals surface area (Å²) in [7, 11) is 1.82. The molecule has 4 amide bonds. The van der Waals surface area contributed by atoms with Crippen molar-refractivity contribution in [3.63, 3.8) is 0 Å². The van der Waals surface area contributed by atoms with E-state index in [1.165, 1.54) is 4.90 Å². The highest BCUT2D eigenvalue weighted by Gasteiger charge is 2.35. The zero-order valence-corrected chi connectivity index (χ0v) is 22.5. The highest BCUT2D eigenvalue weighted by molar-refractivity contribution is 5.96. The molecule has 1 aromatic heterocycles. The highest BCUT2D eigenvalue weighted by atomic mass is 16.4. The fraction of sp³-hybridized carbons (Fsp3) is 0.519. The summed E-state index contributed by atoms with van der Waals surface area (Å²) in [5.74, 6) is 0.238. The van der Waals surface area contributed by atoms with Crippen molar-refractivity contribution in [2.75, 3.05) is 56.5 Å². The molecule has 3 saturated heterocycles. The zero-order chi connectivity index (χ0) is 27.7. The first-order valence-electron chi connectivity index (χ1n) is 13.4. The maximum atomic E-state index is 12.5. The number of carboxylic acid groups (broad SMARTS) is 1. The molecule has 208 valence electrons. The third-order valence-corrected chi connectivity index (χ3v) is 8.39. The summed E-state index contributed by atoms with van der Waals surface area (Å²) in [5.41, 5.74) is 7.43. The van der Waals surface area contributed by atoms with Crippen molar-refractivity contribution < 1.29 is 19.5 Å². The van der Waals surface area contributed by atoms with Gasteiger partial charge in [0.2, 0.25) is 0 Å². The first-order valence-corrected chi connectivity index (χ1v) is 13.4. The van der Waals surface area contributed by atoms with Gasteiger partial charge in [0.1, 0.15) is 5.82 Å². The second kappa shape index (κ2) is 10.6. The monoisotopic (exact) mass is 536 g/mol. The number of likely N-dealkylation sites (N-methyl/N-ethyl adjacent to an activating group) is 1. The number of anilines is 3. The van der Waals surface area contributed by atoms with Gasteiger partial charge >= 0.3 is 12.1 Å². The van der Waals surface area contributed by atoms with Crippen LogP contribution in [0.2, 0.25) is 0 Å². The zero-order valence-electron chi connectivity index (χ0n) is 22.5. The lowest BCUT2D eigenvalue weighted by Gasteiger charge is -2.38. The van der Waals surface area contributed by atoms with Crippen LogP contribution in [0.1, 0.15) is 48.7 Å². The molecule has 0 unspecified atom stereocenters. The van der Waals surface area contributed by atoms with Crippen LogP contribution in [0.3, 0.4) is 0 Å². The summed E-state index contributed by atoms with van der Waals surface area (Å²) < 4.78 is 0. The standard InChI is InChI=1S/C27H36N8O4/c1-27(9-12-33(13-10-27)26(38)39)18-5-7-19(8-6-18)30-24-22(23(28)36)29-16-21(31-24)34-11-3-4-20(17-34)35-15-14-32(2)25(35)37/h5-8,16,20H,3-4,9-15,17H2,1-2H3,(H2,28,36)(H,30,31)(H,38,39)/t20-/m1/s1. The van der Waals surface area contributed by atoms with Crippen LogP contribution < -0.4 is 16.0 Å². The number of nitrogens with two attached hydrogens (primary N) is 1. The van der Waals surface area contributed by atoms with E-state index in [4.69, 9.17) is 10.7 Å². The van der Waals surface area contributed by atoms with E-state index in [0.29, 0.717) is 25.5 Å². The molecule has 1 aromatic carbocycles. The number of aromatic nitrogens is 2. The lowest BCUT2D eigenvalue weighted by atomic mass is 9.74. The van der Waals surface area contributed by atoms with Crippen LogP contribution >= 0.6 is 0 Å². The number of likely N-dealkylation sites (tertiary alicyclic amines) is 1. The Morgan fingerprint density at radius 3 is 2.44 bits per heavy atom. The molecule has 2 aromatic rings. The summed E-state index contributed by atoms with van der Waals surface area (Å²) in [6.45, 7) is 6.07. The van der Waals surface area contributed by atoms with Crippen LogP contribution in [-0.2, 0) is 5.41 Å². The van der Waals surface area contributed by atoms with Gasteiger partial charge in [0, 0.05) is 52.0 Å². The molecule has 39 heavy (non-hydrogen) atoms. The smallest absolute Gasteiger partial charge is 0.407 e. The van der Waals surface area contributed by atoms with Crippen molar-refractivity contribution in [1.29, 1.82) is 0 Å². The largest absolute Gasteiger partial charge is 0.465 e. The van der Waals surface area contributed by atoms with Crippen molar-refractivity contribution >= 4 is 35.4 Å². The van der Waals surface area contributed by atoms with E-state index in [9.17, 15) is 19.5 Å². The number of nitrogens with zero attached hydrogens (tertiary/aromatic N) is 6. The van der Waals surface area contributed by atoms with Gasteiger partial charge in [-0.3, -0.25) is 4.79 Å². The van der Waals surface area contributed by atoms with Crippen LogP contribution in [0.15, 0.2) is 30.5 Å². The molecule has 0 saturated carbocycles. The average molecular weight is 537 g/mol. The minimum atomic E-state index is -0.873. The predicted octanol–water partition coefficient (Wildman–Crippen LogP) is 2.69. The minimum absolute atomic E-state index is 0.0562. The third-order valence-electron chi connectivity index (χ3n) is 8.39. The molecule has 0 radical (unpaired) electrons. The lowest BCUT2D eigenvalue weighted by Crippen LogP contribution is -2.49. The summed E-state index contributed by atoms with van der Waals surface area (Å²) in [4.78, 5) is 52.3. The Balaban J connectivity index is 1.31. The highest BCUT2D eigenvalue weighted by Crippen LogP contribution is 2.36. The first kappa shape index (κ1) is 26.5. The predicted molar refractivity (Wildman–Crippen MR) is 146 cm³/mol. The van der Waals surface area contributed by atoms with Crippen molar-refractivity contribution in [2.45, 2.75) is 44.1 Å². The van der Waals surface area contributed by atoms with Gasteiger partial charge in [-0.05, 0) is 48.8 Å². The van der Waals surface area contributed by atoms with E-state index in [2.05, 4.69) is 22.1 Å². The van der Waals surface area contributed by atoms with Gasteiger partial charge in [0.25, 0.3) is 5.91 Å². The number of benzene rings is 1. The minimum Gasteiger partial charge on any atom is -0.465 e. The summed E-state index contributed by atoms with van der Waals surface area (Å²) in [5, 5.41) is 12.5. The number of piperidine rings is 2. The van der Waals surface area contributed by atoms with Crippen LogP contribution in [0.25, 0.3) is 0 Å². The Kier molecular flexibility index (Phi) is 7.19. The second-order valence-electron chi connectivity index (χ2n) is 11.0. The van der Waals surface area contributed by atoms with Crippen molar-refractivity contribution in [2.24, 2.45) is 5.73 Å². The fourth-order valence-electron chi connectivity index (χ4n) is 5.80. The van der Waals surface area contributed by atoms with Gasteiger partial charge in [0.05, 0.1) is 12.2 Å². The Hall–Kier alpha value is -4.09. The van der Waals surface area contributed by atoms with E-state index < -0.39 is 12.0 Å². The van der Waals surface area contributed by atoms with Crippen LogP contribution in [-0.4, -0.2) is 100 Å². The molecule has 1 atom stereocenters. The van der Waals surface area contributed by atoms with Gasteiger partial charge < -0.3 is 35.8 Å². The van der Waals surface area contributed by atoms with E-state index in [1.807, 2.05) is 36.2 Å². The molecular weight excluding hydrogens is 500 g/mol. The number of hydrogen-bond donors (Lipinski definition) is 3. The Labute approximate surface area is 227 Å². The molecule has 12 heteroatoms. The number of nitrogens with one attached hydrogen (secondary N) is 1. The molecule has 12 nitrogen and oxygen atoms in total. The van der Waals surface area contributed by atoms with Gasteiger partial charge in [-0.1, -0.05) is 19.1 Å². The number of rotatable bonds is 6. The van der Waals surface area contributed by atoms with E-state index in [-0.39, 0.29) is 29.0 Å². The number of urea groups is 1. The summed E-state index contributed by atoms with van der Waals surface area (Å²) >= 11 is 0. The molecule has 4 heterocycles. The first-order chi connectivity index (χ1) is 18.6. The lowest BCUT2D eigenvalue weighted by molar-refractivity contribution is 0.0995. The van der Waals surface area contributed by atoms with Gasteiger partial charge in [-0.25, -0.2) is 19.6 Å². The van der Waals surface area contributed by atoms with Gasteiger partial charge in [-0.15, -0.1) is 0 Å². The number of carbonyl (C=O) groups is 3. The average Bonchev–Trinajstić information content (AvgIpc) is 3.27. The van der Waals surface area contributed by atoms with Gasteiger partial charge in [0.15, 0.2) is 11.5 Å². The second-order valence-corrected chi connectivity index (χ2v) is 11.0. The Bertz CT molecular complexity index is 1240. The fourth-order valence-corrected chi connectivity index (χ4v) is 5.80. The maximum absolute atomic E-state index is 12.5. The van der Waals surface area contributed by atoms with E-state index >= 15 is 0 Å². The van der Waals surface area contributed by atoms with E-state index in [0.717, 1.165) is 56.6 Å². The molecule has 0 bridgehead atoms. The van der Waals surface area contributed by atoms with Crippen LogP contribution in [0, 0.1) is 0 Å². The van der Waals surface area contributed by atoms with Crippen molar-refractivity contribution in [3.8, 4) is 0 Å². The van der Waals surface area contributed by atoms with Crippen molar-refractivity contribution in [1.82, 2.24) is 24.7 Å². The molecule has 3 aliphatic rings. The SMILES string of the molecule is CN1CCN([C@@H]2CCCN(c3cnc(C(N)=O)c(Nc4ccc(C5(C)CCN(C(=O)O)CC5)cc4)n3)C2)C1=O. The molecule has 0 spiro atoms. The van der Waals surface area contributed by atoms with Crippen LogP contribution in [0.4, 0.5) is 26.9 Å². The molecule has 3 aliphatic heterocycles. The molecular formula is C27H36N8O4. The van der Waals surface area contributed by atoms with E-state index in [1.54, 1.807) is 11.1 Å². The topological polar surface area (TPSA) is 148 Å². The Morgan fingerprint density at radius 2 is 1.82 bits per heavy atom. The molecule has 0 aliphatic carbocycles. The quantitative estimate of drug-likeness (QED) is 0.510. The normalized spacial score (nSPS) is 21.3. The summed E-state index contributed by atoms with van der Waals surface area (Å²) in [6.07, 6.45) is 4.06. The third kappa shape index (κ3) is 5.41. The number of carbonyl (C=O) groups excluding carboxylic acids is 2. The number of hydrogen-bond acceptors (Lipinski definition) is 7. The molecule has 4 N–H and O–H groups in total. The van der Waals surface area contributed by atoms with Gasteiger partial charge in [-0.2, -0.15) is 0 Å². The maximum Gasteiger partial charge on any atom is 0.407 e. The number of primary amides is 1. The molecule has 5 rings (SSSR count).